The molecule has 0 unspecified atom stereocenters. The molecule has 0 amide bonds. The van der Waals surface area contributed by atoms with Crippen molar-refractivity contribution in [1.82, 2.24) is 4.98 Å². The van der Waals surface area contributed by atoms with E-state index in [2.05, 4.69) is 4.98 Å². The highest BCUT2D eigenvalue weighted by molar-refractivity contribution is 7.90. The van der Waals surface area contributed by atoms with E-state index in [1.165, 1.54) is 23.5 Å². The predicted octanol–water partition coefficient (Wildman–Crippen LogP) is 2.46. The average molecular weight is 300 g/mol. The minimum absolute atomic E-state index is 0.0695. The molecule has 0 aliphatic carbocycles. The van der Waals surface area contributed by atoms with Crippen molar-refractivity contribution in [2.24, 2.45) is 0 Å². The smallest absolute Gasteiger partial charge is 0.185 e. The van der Waals surface area contributed by atoms with Crippen LogP contribution in [0.25, 0.3) is 0 Å². The number of nitrogens with two attached hydrogens (primary N) is 1. The van der Waals surface area contributed by atoms with Crippen molar-refractivity contribution in [3.05, 3.63) is 39.6 Å². The van der Waals surface area contributed by atoms with E-state index in [0.717, 1.165) is 16.6 Å². The molecule has 0 aliphatic heterocycles. The first-order valence-electron chi connectivity index (χ1n) is 5.50. The largest absolute Gasteiger partial charge is 0.396 e. The van der Waals surface area contributed by atoms with Crippen molar-refractivity contribution in [2.45, 2.75) is 24.5 Å². The minimum atomic E-state index is -3.60. The average Bonchev–Trinajstić information content (AvgIpc) is 2.60. The molecule has 7 heteroatoms. The van der Waals surface area contributed by atoms with Crippen molar-refractivity contribution >= 4 is 26.9 Å². The van der Waals surface area contributed by atoms with Crippen molar-refractivity contribution in [1.29, 1.82) is 0 Å². The Balaban J connectivity index is 2.34. The number of thiazole rings is 1. The summed E-state index contributed by atoms with van der Waals surface area (Å²) in [5.41, 5.74) is 6.08. The van der Waals surface area contributed by atoms with Crippen molar-refractivity contribution in [3.8, 4) is 0 Å². The zero-order chi connectivity index (χ0) is 14.2. The van der Waals surface area contributed by atoms with Gasteiger partial charge in [0.2, 0.25) is 0 Å². The topological polar surface area (TPSA) is 73.0 Å². The summed E-state index contributed by atoms with van der Waals surface area (Å²) in [6, 6.07) is 3.50. The SMILES string of the molecule is Cc1nc(CS(=O)(=O)c2ccc(N)c(F)c2)sc1C. The van der Waals surface area contributed by atoms with E-state index < -0.39 is 15.7 Å². The van der Waals surface area contributed by atoms with Crippen LogP contribution in [-0.2, 0) is 15.6 Å². The van der Waals surface area contributed by atoms with Crippen LogP contribution in [0.3, 0.4) is 0 Å². The number of nitrogens with zero attached hydrogens (tertiary/aromatic N) is 1. The van der Waals surface area contributed by atoms with Crippen molar-refractivity contribution in [3.63, 3.8) is 0 Å². The number of halogens is 1. The summed E-state index contributed by atoms with van der Waals surface area (Å²) >= 11 is 1.33. The lowest BCUT2D eigenvalue weighted by Gasteiger charge is -2.03. The fourth-order valence-corrected chi connectivity index (χ4v) is 4.09. The molecular weight excluding hydrogens is 287 g/mol. The molecule has 0 spiro atoms. The number of hydrogen-bond donors (Lipinski definition) is 1. The van der Waals surface area contributed by atoms with Crippen molar-refractivity contribution < 1.29 is 12.8 Å². The lowest BCUT2D eigenvalue weighted by molar-refractivity contribution is 0.590. The number of nitrogen functional groups attached to an aromatic ring is 1. The molecule has 0 radical (unpaired) electrons. The van der Waals surface area contributed by atoms with Gasteiger partial charge in [-0.05, 0) is 32.0 Å². The quantitative estimate of drug-likeness (QED) is 0.884. The van der Waals surface area contributed by atoms with Crippen LogP contribution in [0, 0.1) is 19.7 Å². The summed E-state index contributed by atoms with van der Waals surface area (Å²) in [6.07, 6.45) is 0. The van der Waals surface area contributed by atoms with Crippen LogP contribution in [0.5, 0.6) is 0 Å². The molecule has 0 atom stereocenters. The van der Waals surface area contributed by atoms with E-state index in [9.17, 15) is 12.8 Å². The molecule has 0 saturated carbocycles. The van der Waals surface area contributed by atoms with Crippen LogP contribution >= 0.6 is 11.3 Å². The van der Waals surface area contributed by atoms with Gasteiger partial charge in [-0.25, -0.2) is 17.8 Å². The van der Waals surface area contributed by atoms with Crippen LogP contribution in [0.4, 0.5) is 10.1 Å². The van der Waals surface area contributed by atoms with E-state index in [0.29, 0.717) is 5.01 Å². The van der Waals surface area contributed by atoms with Gasteiger partial charge in [0.1, 0.15) is 16.6 Å². The Hall–Kier alpha value is -1.47. The summed E-state index contributed by atoms with van der Waals surface area (Å²) in [7, 11) is -3.60. The number of sulfone groups is 1. The molecule has 4 nitrogen and oxygen atoms in total. The zero-order valence-electron chi connectivity index (χ0n) is 10.5. The second-order valence-electron chi connectivity index (χ2n) is 4.19. The Morgan fingerprint density at radius 2 is 2.05 bits per heavy atom. The Labute approximate surface area is 115 Å². The maximum Gasteiger partial charge on any atom is 0.185 e. The summed E-state index contributed by atoms with van der Waals surface area (Å²) in [5.74, 6) is -0.956. The summed E-state index contributed by atoms with van der Waals surface area (Å²) in [6.45, 7) is 3.71. The second-order valence-corrected chi connectivity index (χ2v) is 7.47. The first-order valence-corrected chi connectivity index (χ1v) is 7.97. The lowest BCUT2D eigenvalue weighted by atomic mass is 10.3. The Morgan fingerprint density at radius 1 is 1.37 bits per heavy atom. The molecule has 0 bridgehead atoms. The molecule has 2 N–H and O–H groups in total. The fraction of sp³-hybridized carbons (Fsp3) is 0.250. The van der Waals surface area contributed by atoms with Gasteiger partial charge in [-0.1, -0.05) is 0 Å². The second kappa shape index (κ2) is 4.90. The monoisotopic (exact) mass is 300 g/mol. The molecule has 0 saturated heterocycles. The Kier molecular flexibility index (Phi) is 3.60. The van der Waals surface area contributed by atoms with Gasteiger partial charge in [-0.15, -0.1) is 11.3 Å². The molecule has 0 aliphatic rings. The first kappa shape index (κ1) is 14.0. The molecule has 1 aromatic carbocycles. The maximum atomic E-state index is 13.3. The number of hydrogen-bond acceptors (Lipinski definition) is 5. The molecular formula is C12H13FN2O2S2. The third-order valence-electron chi connectivity index (χ3n) is 2.72. The summed E-state index contributed by atoms with van der Waals surface area (Å²) < 4.78 is 37.6. The van der Waals surface area contributed by atoms with Crippen LogP contribution in [-0.4, -0.2) is 13.4 Å². The predicted molar refractivity (Wildman–Crippen MR) is 73.3 cm³/mol. The van der Waals surface area contributed by atoms with Gasteiger partial charge >= 0.3 is 0 Å². The maximum absolute atomic E-state index is 13.3. The summed E-state index contributed by atoms with van der Waals surface area (Å²) in [5, 5.41) is 0.507. The Morgan fingerprint density at radius 3 is 2.58 bits per heavy atom. The van der Waals surface area contributed by atoms with E-state index in [-0.39, 0.29) is 16.3 Å². The molecule has 19 heavy (non-hydrogen) atoms. The highest BCUT2D eigenvalue weighted by atomic mass is 32.2. The van der Waals surface area contributed by atoms with E-state index in [1.54, 1.807) is 0 Å². The van der Waals surface area contributed by atoms with Gasteiger partial charge in [0.15, 0.2) is 9.84 Å². The van der Waals surface area contributed by atoms with Crippen LogP contribution in [0.2, 0.25) is 0 Å². The fourth-order valence-electron chi connectivity index (χ4n) is 1.55. The molecule has 1 heterocycles. The lowest BCUT2D eigenvalue weighted by Crippen LogP contribution is -2.06. The summed E-state index contributed by atoms with van der Waals surface area (Å²) in [4.78, 5) is 5.08. The highest BCUT2D eigenvalue weighted by Gasteiger charge is 2.19. The molecule has 2 aromatic rings. The van der Waals surface area contributed by atoms with Crippen LogP contribution in [0.1, 0.15) is 15.6 Å². The first-order chi connectivity index (χ1) is 8.79. The van der Waals surface area contributed by atoms with E-state index in [1.807, 2.05) is 13.8 Å². The van der Waals surface area contributed by atoms with Crippen LogP contribution < -0.4 is 5.73 Å². The number of anilines is 1. The van der Waals surface area contributed by atoms with Gasteiger partial charge < -0.3 is 5.73 Å². The molecule has 102 valence electrons. The van der Waals surface area contributed by atoms with Gasteiger partial charge in [0.25, 0.3) is 0 Å². The number of benzene rings is 1. The van der Waals surface area contributed by atoms with Gasteiger partial charge in [0.05, 0.1) is 16.3 Å². The third kappa shape index (κ3) is 2.93. The molecule has 0 fully saturated rings. The van der Waals surface area contributed by atoms with Gasteiger partial charge in [0, 0.05) is 4.88 Å². The van der Waals surface area contributed by atoms with Gasteiger partial charge in [-0.2, -0.15) is 0 Å². The minimum Gasteiger partial charge on any atom is -0.396 e. The third-order valence-corrected chi connectivity index (χ3v) is 5.60. The number of aryl methyl sites for hydroxylation is 2. The molecule has 2 rings (SSSR count). The molecule has 1 aromatic heterocycles. The normalized spacial score (nSPS) is 11.7. The zero-order valence-corrected chi connectivity index (χ0v) is 12.1. The number of aromatic nitrogens is 1. The highest BCUT2D eigenvalue weighted by Crippen LogP contribution is 2.23. The van der Waals surface area contributed by atoms with Gasteiger partial charge in [-0.3, -0.25) is 0 Å². The van der Waals surface area contributed by atoms with Crippen LogP contribution in [0.15, 0.2) is 23.1 Å². The van der Waals surface area contributed by atoms with E-state index >= 15 is 0 Å². The van der Waals surface area contributed by atoms with Crippen molar-refractivity contribution in [2.75, 3.05) is 5.73 Å². The Bertz CT molecular complexity index is 704. The van der Waals surface area contributed by atoms with E-state index in [4.69, 9.17) is 5.73 Å². The number of rotatable bonds is 3. The standard InChI is InChI=1S/C12H13FN2O2S2/c1-7-8(2)18-12(15-7)6-19(16,17)9-3-4-11(14)10(13)5-9/h3-5H,6,14H2,1-2H3.